The van der Waals surface area contributed by atoms with Gasteiger partial charge in [0.05, 0.1) is 27.0 Å². The number of methoxy groups -OCH3 is 3. The fraction of sp³-hybridized carbons (Fsp3) is 0.308. The molecule has 0 amide bonds. The maximum atomic E-state index is 10.9. The fourth-order valence-corrected chi connectivity index (χ4v) is 1.50. The van der Waals surface area contributed by atoms with Gasteiger partial charge < -0.3 is 24.4 Å². The molecule has 0 aliphatic heterocycles. The smallest absolute Gasteiger partial charge is 0.359 e. The number of allylic oxidation sites excluding steroid dienone is 1. The predicted octanol–water partition coefficient (Wildman–Crippen LogP) is 2.67. The van der Waals surface area contributed by atoms with E-state index in [0.717, 1.165) is 0 Å². The van der Waals surface area contributed by atoms with Crippen molar-refractivity contribution < 1.29 is 29.2 Å². The molecule has 1 aromatic rings. The third-order valence-corrected chi connectivity index (χ3v) is 2.46. The fourth-order valence-electron chi connectivity index (χ4n) is 1.50. The van der Waals surface area contributed by atoms with E-state index in [4.69, 9.17) is 19.3 Å². The number of ether oxygens (including phenoxy) is 3. The Bertz CT molecular complexity index is 565. The van der Waals surface area contributed by atoms with Crippen LogP contribution in [0.5, 0.6) is 17.2 Å². The van der Waals surface area contributed by atoms with E-state index >= 15 is 0 Å². The molecule has 0 aliphatic carbocycles. The first-order chi connectivity index (χ1) is 9.94. The molecule has 0 aromatic heterocycles. The first kappa shape index (κ1) is 16.3. The van der Waals surface area contributed by atoms with Crippen LogP contribution in [-0.2, 0) is 4.79 Å². The minimum absolute atomic E-state index is 0.282. The molecule has 1 rings (SSSR count). The number of aliphatic carboxylic acids is 1. The summed E-state index contributed by atoms with van der Waals surface area (Å²) in [5, 5.41) is 25.3. The summed E-state index contributed by atoms with van der Waals surface area (Å²) in [6, 6.07) is 2.99. The van der Waals surface area contributed by atoms with Crippen LogP contribution < -0.4 is 14.2 Å². The Morgan fingerprint density at radius 3 is 1.90 bits per heavy atom. The molecule has 0 saturated heterocycles. The highest BCUT2D eigenvalue weighted by molar-refractivity contribution is 5.86. The van der Waals surface area contributed by atoms with Crippen molar-refractivity contribution in [1.29, 1.82) is 0 Å². The van der Waals surface area contributed by atoms with Gasteiger partial charge in [0.2, 0.25) is 11.4 Å². The van der Waals surface area contributed by atoms with E-state index in [1.54, 1.807) is 0 Å². The lowest BCUT2D eigenvalue weighted by Crippen LogP contribution is -2.00. The lowest BCUT2D eigenvalue weighted by Gasteiger charge is -2.12. The first-order valence-corrected chi connectivity index (χ1v) is 5.79. The van der Waals surface area contributed by atoms with Gasteiger partial charge in [-0.25, -0.2) is 4.79 Å². The minimum atomic E-state index is -1.38. The zero-order chi connectivity index (χ0) is 16.0. The Morgan fingerprint density at radius 1 is 1.05 bits per heavy atom. The number of aliphatic hydroxyl groups is 1. The lowest BCUT2D eigenvalue weighted by atomic mass is 10.2. The Balaban J connectivity index is 3.27. The summed E-state index contributed by atoms with van der Waals surface area (Å²) >= 11 is 0. The van der Waals surface area contributed by atoms with Gasteiger partial charge in [0.1, 0.15) is 5.76 Å². The monoisotopic (exact) mass is 296 g/mol. The average Bonchev–Trinajstić information content (AvgIpc) is 2.45. The van der Waals surface area contributed by atoms with E-state index in [0.29, 0.717) is 17.2 Å². The topological polar surface area (TPSA) is 110 Å². The molecule has 0 radical (unpaired) electrons. The summed E-state index contributed by atoms with van der Waals surface area (Å²) in [6.45, 7) is 1.21. The van der Waals surface area contributed by atoms with Crippen molar-refractivity contribution in [2.75, 3.05) is 21.3 Å². The maximum Gasteiger partial charge on any atom is 0.359 e. The number of carbonyl (C=O) groups is 1. The SMILES string of the molecule is COc1cc(N=N/C(C(=O)O)=C(\C)O)cc(OC)c1OC. The highest BCUT2D eigenvalue weighted by Crippen LogP contribution is 2.40. The molecule has 0 fully saturated rings. The zero-order valence-corrected chi connectivity index (χ0v) is 12.1. The van der Waals surface area contributed by atoms with E-state index in [9.17, 15) is 9.90 Å². The molecule has 8 heteroatoms. The number of carboxylic acid groups (broad SMARTS) is 1. The summed E-state index contributed by atoms with van der Waals surface area (Å²) in [7, 11) is 4.35. The molecular weight excluding hydrogens is 280 g/mol. The molecule has 0 unspecified atom stereocenters. The van der Waals surface area contributed by atoms with Gasteiger partial charge in [-0.15, -0.1) is 10.2 Å². The molecule has 0 spiro atoms. The first-order valence-electron chi connectivity index (χ1n) is 5.79. The number of rotatable bonds is 6. The van der Waals surface area contributed by atoms with E-state index in [-0.39, 0.29) is 5.69 Å². The van der Waals surface area contributed by atoms with Gasteiger partial charge in [-0.05, 0) is 6.92 Å². The number of azo groups is 1. The van der Waals surface area contributed by atoms with Crippen LogP contribution in [0.2, 0.25) is 0 Å². The molecule has 0 atom stereocenters. The number of hydrogen-bond donors (Lipinski definition) is 2. The standard InChI is InChI=1S/C13H16N2O6/c1-7(16)11(13(17)18)15-14-8-5-9(19-2)12(21-4)10(6-8)20-3/h5-6,16H,1-4H3,(H,17,18)/b11-7+,15-14?. The molecule has 21 heavy (non-hydrogen) atoms. The molecule has 114 valence electrons. The molecule has 0 bridgehead atoms. The molecule has 0 aliphatic rings. The van der Waals surface area contributed by atoms with Crippen LogP contribution in [0.25, 0.3) is 0 Å². The second kappa shape index (κ2) is 7.13. The Hall–Kier alpha value is -2.77. The lowest BCUT2D eigenvalue weighted by molar-refractivity contribution is -0.132. The summed E-state index contributed by atoms with van der Waals surface area (Å²) in [4.78, 5) is 10.9. The van der Waals surface area contributed by atoms with Crippen LogP contribution in [0.3, 0.4) is 0 Å². The number of carboxylic acids is 1. The van der Waals surface area contributed by atoms with Crippen molar-refractivity contribution in [3.63, 3.8) is 0 Å². The van der Waals surface area contributed by atoms with Gasteiger partial charge in [0, 0.05) is 12.1 Å². The molecule has 0 heterocycles. The maximum absolute atomic E-state index is 10.9. The van der Waals surface area contributed by atoms with Crippen molar-refractivity contribution in [2.24, 2.45) is 10.2 Å². The van der Waals surface area contributed by atoms with E-state index in [1.165, 1.54) is 40.4 Å². The van der Waals surface area contributed by atoms with Crippen LogP contribution in [0.1, 0.15) is 6.92 Å². The molecular formula is C13H16N2O6. The summed E-state index contributed by atoms with van der Waals surface area (Å²) in [6.07, 6.45) is 0. The van der Waals surface area contributed by atoms with Crippen molar-refractivity contribution in [2.45, 2.75) is 6.92 Å². The second-order valence-corrected chi connectivity index (χ2v) is 3.82. The largest absolute Gasteiger partial charge is 0.510 e. The van der Waals surface area contributed by atoms with Gasteiger partial charge >= 0.3 is 5.97 Å². The van der Waals surface area contributed by atoms with Crippen molar-refractivity contribution in [1.82, 2.24) is 0 Å². The summed E-state index contributed by atoms with van der Waals surface area (Å²) in [5.41, 5.74) is -0.270. The van der Waals surface area contributed by atoms with Crippen molar-refractivity contribution in [3.8, 4) is 17.2 Å². The van der Waals surface area contributed by atoms with Crippen LogP contribution in [0, 0.1) is 0 Å². The minimum Gasteiger partial charge on any atom is -0.510 e. The van der Waals surface area contributed by atoms with E-state index < -0.39 is 17.4 Å². The normalized spacial score (nSPS) is 12.0. The van der Waals surface area contributed by atoms with E-state index in [2.05, 4.69) is 10.2 Å². The van der Waals surface area contributed by atoms with Crippen LogP contribution in [0.4, 0.5) is 5.69 Å². The Labute approximate surface area is 121 Å². The van der Waals surface area contributed by atoms with Gasteiger partial charge in [0.15, 0.2) is 11.5 Å². The second-order valence-electron chi connectivity index (χ2n) is 3.82. The summed E-state index contributed by atoms with van der Waals surface area (Å²) < 4.78 is 15.4. The molecule has 1 aromatic carbocycles. The number of aliphatic hydroxyl groups excluding tert-OH is 1. The molecule has 2 N–H and O–H groups in total. The van der Waals surface area contributed by atoms with Gasteiger partial charge in [-0.1, -0.05) is 0 Å². The number of nitrogens with zero attached hydrogens (tertiary/aromatic N) is 2. The third-order valence-electron chi connectivity index (χ3n) is 2.46. The van der Waals surface area contributed by atoms with Crippen LogP contribution >= 0.6 is 0 Å². The number of benzene rings is 1. The predicted molar refractivity (Wildman–Crippen MR) is 73.6 cm³/mol. The number of hydrogen-bond acceptors (Lipinski definition) is 7. The molecule has 0 saturated carbocycles. The highest BCUT2D eigenvalue weighted by Gasteiger charge is 2.14. The van der Waals surface area contributed by atoms with Crippen molar-refractivity contribution >= 4 is 11.7 Å². The van der Waals surface area contributed by atoms with Gasteiger partial charge in [-0.3, -0.25) is 0 Å². The van der Waals surface area contributed by atoms with E-state index in [1.807, 2.05) is 0 Å². The van der Waals surface area contributed by atoms with Gasteiger partial charge in [-0.2, -0.15) is 0 Å². The van der Waals surface area contributed by atoms with Gasteiger partial charge in [0.25, 0.3) is 0 Å². The summed E-state index contributed by atoms with van der Waals surface area (Å²) in [5.74, 6) is -0.740. The Kier molecular flexibility index (Phi) is 5.53. The quantitative estimate of drug-likeness (QED) is 0.474. The highest BCUT2D eigenvalue weighted by atomic mass is 16.5. The third kappa shape index (κ3) is 3.85. The zero-order valence-electron chi connectivity index (χ0n) is 12.1. The molecule has 8 nitrogen and oxygen atoms in total. The van der Waals surface area contributed by atoms with Crippen LogP contribution in [-0.4, -0.2) is 37.5 Å². The van der Waals surface area contributed by atoms with Crippen molar-refractivity contribution in [3.05, 3.63) is 23.6 Å². The average molecular weight is 296 g/mol. The van der Waals surface area contributed by atoms with Crippen LogP contribution in [0.15, 0.2) is 33.8 Å². The Morgan fingerprint density at radius 2 is 1.57 bits per heavy atom.